The van der Waals surface area contributed by atoms with Crippen molar-refractivity contribution in [3.63, 3.8) is 0 Å². The number of nitrogens with one attached hydrogen (secondary N) is 1. The third-order valence-electron chi connectivity index (χ3n) is 4.32. The molecule has 0 heterocycles. The molecular formula is C19H25NO. The molecule has 0 radical (unpaired) electrons. The van der Waals surface area contributed by atoms with Crippen LogP contribution in [0.15, 0.2) is 48.5 Å². The van der Waals surface area contributed by atoms with Gasteiger partial charge < -0.3 is 10.1 Å². The predicted octanol–water partition coefficient (Wildman–Crippen LogP) is 4.24. The lowest BCUT2D eigenvalue weighted by Crippen LogP contribution is -2.36. The van der Waals surface area contributed by atoms with Crippen LogP contribution in [-0.2, 0) is 5.41 Å². The van der Waals surface area contributed by atoms with Gasteiger partial charge in [0.15, 0.2) is 0 Å². The van der Waals surface area contributed by atoms with Crippen molar-refractivity contribution in [2.75, 3.05) is 14.2 Å². The van der Waals surface area contributed by atoms with Crippen LogP contribution < -0.4 is 10.1 Å². The van der Waals surface area contributed by atoms with E-state index in [1.807, 2.05) is 13.1 Å². The number of aryl methyl sites for hydroxylation is 1. The highest BCUT2D eigenvalue weighted by Gasteiger charge is 2.32. The van der Waals surface area contributed by atoms with Crippen molar-refractivity contribution in [3.05, 3.63) is 65.2 Å². The van der Waals surface area contributed by atoms with E-state index in [1.165, 1.54) is 16.7 Å². The van der Waals surface area contributed by atoms with Gasteiger partial charge in [-0.3, -0.25) is 0 Å². The minimum Gasteiger partial charge on any atom is -0.497 e. The number of hydrogen-bond donors (Lipinski definition) is 1. The Bertz CT molecular complexity index is 590. The second-order valence-corrected chi connectivity index (χ2v) is 6.03. The summed E-state index contributed by atoms with van der Waals surface area (Å²) in [6.45, 7) is 6.71. The number of methoxy groups -OCH3 is 1. The zero-order valence-electron chi connectivity index (χ0n) is 13.6. The predicted molar refractivity (Wildman–Crippen MR) is 89.0 cm³/mol. The highest BCUT2D eigenvalue weighted by atomic mass is 16.5. The lowest BCUT2D eigenvalue weighted by Gasteiger charge is -2.36. The van der Waals surface area contributed by atoms with Gasteiger partial charge in [0.05, 0.1) is 7.11 Å². The molecule has 1 unspecified atom stereocenters. The van der Waals surface area contributed by atoms with E-state index in [9.17, 15) is 0 Å². The third-order valence-corrected chi connectivity index (χ3v) is 4.32. The number of hydrogen-bond acceptors (Lipinski definition) is 2. The summed E-state index contributed by atoms with van der Waals surface area (Å²) in [4.78, 5) is 0. The van der Waals surface area contributed by atoms with E-state index < -0.39 is 0 Å². The van der Waals surface area contributed by atoms with Gasteiger partial charge in [-0.25, -0.2) is 0 Å². The molecule has 2 nitrogen and oxygen atoms in total. The molecule has 0 amide bonds. The molecule has 112 valence electrons. The Morgan fingerprint density at radius 3 is 2.24 bits per heavy atom. The zero-order chi connectivity index (χ0) is 15.5. The molecule has 2 aromatic rings. The van der Waals surface area contributed by atoms with Gasteiger partial charge in [-0.2, -0.15) is 0 Å². The molecule has 0 bridgehead atoms. The fourth-order valence-electron chi connectivity index (χ4n) is 3.04. The minimum absolute atomic E-state index is 0.00460. The number of rotatable bonds is 5. The van der Waals surface area contributed by atoms with Gasteiger partial charge in [0, 0.05) is 11.5 Å². The molecule has 0 spiro atoms. The summed E-state index contributed by atoms with van der Waals surface area (Å²) in [5.41, 5.74) is 3.89. The molecule has 0 aromatic heterocycles. The van der Waals surface area contributed by atoms with Gasteiger partial charge in [-0.05, 0) is 42.8 Å². The van der Waals surface area contributed by atoms with E-state index >= 15 is 0 Å². The van der Waals surface area contributed by atoms with Crippen LogP contribution in [0, 0.1) is 6.92 Å². The molecule has 0 fully saturated rings. The van der Waals surface area contributed by atoms with Crippen molar-refractivity contribution < 1.29 is 4.74 Å². The van der Waals surface area contributed by atoms with Crippen LogP contribution in [-0.4, -0.2) is 14.2 Å². The van der Waals surface area contributed by atoms with E-state index in [4.69, 9.17) is 4.74 Å². The van der Waals surface area contributed by atoms with E-state index in [-0.39, 0.29) is 11.5 Å². The van der Waals surface area contributed by atoms with Crippen LogP contribution in [0.2, 0.25) is 0 Å². The Morgan fingerprint density at radius 1 is 1.05 bits per heavy atom. The first kappa shape index (κ1) is 15.6. The molecule has 0 aliphatic heterocycles. The lowest BCUT2D eigenvalue weighted by molar-refractivity contribution is 0.366. The summed E-state index contributed by atoms with van der Waals surface area (Å²) >= 11 is 0. The maximum Gasteiger partial charge on any atom is 0.119 e. The van der Waals surface area contributed by atoms with Crippen molar-refractivity contribution in [3.8, 4) is 5.75 Å². The molecule has 1 atom stereocenters. The van der Waals surface area contributed by atoms with E-state index in [1.54, 1.807) is 7.11 Å². The standard InChI is InChI=1S/C19H25NO/c1-14-13-16(21-5)11-12-17(14)18(20-4)19(2,3)15-9-7-6-8-10-15/h6-13,18,20H,1-5H3. The van der Waals surface area contributed by atoms with E-state index in [0.29, 0.717) is 0 Å². The first-order valence-electron chi connectivity index (χ1n) is 7.38. The minimum atomic E-state index is -0.00460. The van der Waals surface area contributed by atoms with Crippen LogP contribution in [0.25, 0.3) is 0 Å². The first-order valence-corrected chi connectivity index (χ1v) is 7.38. The molecule has 0 saturated heterocycles. The molecule has 2 aromatic carbocycles. The largest absolute Gasteiger partial charge is 0.497 e. The lowest BCUT2D eigenvalue weighted by atomic mass is 9.74. The summed E-state index contributed by atoms with van der Waals surface area (Å²) < 4.78 is 5.31. The molecular weight excluding hydrogens is 258 g/mol. The van der Waals surface area contributed by atoms with Gasteiger partial charge in [-0.15, -0.1) is 0 Å². The molecule has 1 N–H and O–H groups in total. The molecule has 0 saturated carbocycles. The first-order chi connectivity index (χ1) is 10.0. The average molecular weight is 283 g/mol. The van der Waals surface area contributed by atoms with Crippen LogP contribution in [0.3, 0.4) is 0 Å². The fourth-order valence-corrected chi connectivity index (χ4v) is 3.04. The van der Waals surface area contributed by atoms with Gasteiger partial charge >= 0.3 is 0 Å². The topological polar surface area (TPSA) is 21.3 Å². The molecule has 2 rings (SSSR count). The zero-order valence-corrected chi connectivity index (χ0v) is 13.6. The van der Waals surface area contributed by atoms with Crippen LogP contribution in [0.1, 0.15) is 36.6 Å². The molecule has 21 heavy (non-hydrogen) atoms. The van der Waals surface area contributed by atoms with Gasteiger partial charge in [0.25, 0.3) is 0 Å². The molecule has 0 aliphatic carbocycles. The molecule has 0 aliphatic rings. The summed E-state index contributed by atoms with van der Waals surface area (Å²) in [7, 11) is 3.73. The van der Waals surface area contributed by atoms with E-state index in [2.05, 4.69) is 68.6 Å². The van der Waals surface area contributed by atoms with Crippen LogP contribution in [0.5, 0.6) is 5.75 Å². The Morgan fingerprint density at radius 2 is 1.71 bits per heavy atom. The van der Waals surface area contributed by atoms with Gasteiger partial charge in [0.2, 0.25) is 0 Å². The Balaban J connectivity index is 2.44. The fraction of sp³-hybridized carbons (Fsp3) is 0.368. The number of ether oxygens (including phenoxy) is 1. The van der Waals surface area contributed by atoms with Crippen molar-refractivity contribution in [2.24, 2.45) is 0 Å². The average Bonchev–Trinajstić information content (AvgIpc) is 2.50. The smallest absolute Gasteiger partial charge is 0.119 e. The Kier molecular flexibility index (Phi) is 4.69. The summed E-state index contributed by atoms with van der Waals surface area (Å²) in [6.07, 6.45) is 0. The summed E-state index contributed by atoms with van der Waals surface area (Å²) in [5, 5.41) is 3.49. The number of benzene rings is 2. The maximum atomic E-state index is 5.31. The SMILES string of the molecule is CNC(c1ccc(OC)cc1C)C(C)(C)c1ccccc1. The van der Waals surface area contributed by atoms with Crippen molar-refractivity contribution in [2.45, 2.75) is 32.2 Å². The van der Waals surface area contributed by atoms with E-state index in [0.717, 1.165) is 5.75 Å². The summed E-state index contributed by atoms with van der Waals surface area (Å²) in [6, 6.07) is 17.2. The highest BCUT2D eigenvalue weighted by Crippen LogP contribution is 2.38. The highest BCUT2D eigenvalue weighted by molar-refractivity contribution is 5.40. The summed E-state index contributed by atoms with van der Waals surface area (Å²) in [5.74, 6) is 0.906. The number of likely N-dealkylation sites (N-methyl/N-ethyl adjacent to an activating group) is 1. The van der Waals surface area contributed by atoms with Crippen LogP contribution in [0.4, 0.5) is 0 Å². The van der Waals surface area contributed by atoms with Crippen molar-refractivity contribution in [1.29, 1.82) is 0 Å². The second-order valence-electron chi connectivity index (χ2n) is 6.03. The Labute approximate surface area is 128 Å². The van der Waals surface area contributed by atoms with Crippen molar-refractivity contribution in [1.82, 2.24) is 5.32 Å². The monoisotopic (exact) mass is 283 g/mol. The Hall–Kier alpha value is -1.80. The maximum absolute atomic E-state index is 5.31. The quantitative estimate of drug-likeness (QED) is 0.886. The normalized spacial score (nSPS) is 13.0. The van der Waals surface area contributed by atoms with Crippen molar-refractivity contribution >= 4 is 0 Å². The molecule has 2 heteroatoms. The second kappa shape index (κ2) is 6.31. The third kappa shape index (κ3) is 3.11. The van der Waals surface area contributed by atoms with Gasteiger partial charge in [-0.1, -0.05) is 50.2 Å². The van der Waals surface area contributed by atoms with Gasteiger partial charge in [0.1, 0.15) is 5.75 Å². The van der Waals surface area contributed by atoms with Crippen LogP contribution >= 0.6 is 0 Å².